The molecule has 0 aliphatic rings. The maximum absolute atomic E-state index is 13.9. The molecule has 0 bridgehead atoms. The first kappa shape index (κ1) is 27.0. The first-order chi connectivity index (χ1) is 18.3. The highest BCUT2D eigenvalue weighted by Gasteiger charge is 2.34. The average Bonchev–Trinajstić information content (AvgIpc) is 3.22. The molecule has 0 saturated carbocycles. The number of aryl methyl sites for hydroxylation is 1. The summed E-state index contributed by atoms with van der Waals surface area (Å²) >= 11 is 0. The SMILES string of the molecule is Cc1ccc(C(=O)N(CCCN)C(c2nn(-c3ccc(F)cc3)c(=O)n2Cc2ccccc2)C(C)C)cc1. The Kier molecular flexibility index (Phi) is 8.53. The van der Waals surface area contributed by atoms with E-state index in [1.54, 1.807) is 9.47 Å². The Balaban J connectivity index is 1.87. The zero-order valence-corrected chi connectivity index (χ0v) is 22.0. The minimum absolute atomic E-state index is 0.0693. The number of aromatic nitrogens is 3. The van der Waals surface area contributed by atoms with Gasteiger partial charge in [0.2, 0.25) is 0 Å². The Morgan fingerprint density at radius 3 is 2.26 bits per heavy atom. The molecule has 0 radical (unpaired) electrons. The van der Waals surface area contributed by atoms with Gasteiger partial charge >= 0.3 is 5.69 Å². The van der Waals surface area contributed by atoms with E-state index in [9.17, 15) is 14.0 Å². The minimum Gasteiger partial charge on any atom is -0.330 e. The van der Waals surface area contributed by atoms with E-state index in [2.05, 4.69) is 0 Å². The number of benzene rings is 3. The van der Waals surface area contributed by atoms with Crippen LogP contribution in [0.25, 0.3) is 5.69 Å². The molecule has 0 spiro atoms. The summed E-state index contributed by atoms with van der Waals surface area (Å²) in [4.78, 5) is 29.4. The molecule has 1 amide bonds. The van der Waals surface area contributed by atoms with Crippen LogP contribution in [0, 0.1) is 18.7 Å². The van der Waals surface area contributed by atoms with Gasteiger partial charge in [0.05, 0.1) is 18.3 Å². The van der Waals surface area contributed by atoms with Gasteiger partial charge in [0.25, 0.3) is 5.91 Å². The molecule has 0 aliphatic heterocycles. The summed E-state index contributed by atoms with van der Waals surface area (Å²) in [7, 11) is 0. The minimum atomic E-state index is -0.506. The molecule has 198 valence electrons. The lowest BCUT2D eigenvalue weighted by Crippen LogP contribution is -2.40. The van der Waals surface area contributed by atoms with E-state index >= 15 is 0 Å². The first-order valence-electron chi connectivity index (χ1n) is 12.9. The lowest BCUT2D eigenvalue weighted by molar-refractivity contribution is 0.0603. The van der Waals surface area contributed by atoms with Crippen LogP contribution in [0.3, 0.4) is 0 Å². The van der Waals surface area contributed by atoms with Gasteiger partial charge in [-0.15, -0.1) is 5.10 Å². The van der Waals surface area contributed by atoms with Crippen molar-refractivity contribution in [3.8, 4) is 5.69 Å². The Labute approximate surface area is 222 Å². The summed E-state index contributed by atoms with van der Waals surface area (Å²) < 4.78 is 16.5. The highest BCUT2D eigenvalue weighted by atomic mass is 19.1. The Morgan fingerprint density at radius 2 is 1.66 bits per heavy atom. The van der Waals surface area contributed by atoms with Crippen LogP contribution in [-0.2, 0) is 6.54 Å². The molecule has 1 atom stereocenters. The molecule has 4 rings (SSSR count). The van der Waals surface area contributed by atoms with Crippen LogP contribution in [0.2, 0.25) is 0 Å². The molecule has 8 heteroatoms. The summed E-state index contributed by atoms with van der Waals surface area (Å²) in [6.45, 7) is 7.11. The summed E-state index contributed by atoms with van der Waals surface area (Å²) in [5.41, 5.74) is 8.50. The number of nitrogens with zero attached hydrogens (tertiary/aromatic N) is 4. The maximum atomic E-state index is 13.9. The molecule has 0 saturated heterocycles. The fourth-order valence-corrected chi connectivity index (χ4v) is 4.58. The van der Waals surface area contributed by atoms with Crippen LogP contribution in [0.5, 0.6) is 0 Å². The molecule has 7 nitrogen and oxygen atoms in total. The van der Waals surface area contributed by atoms with Crippen molar-refractivity contribution in [2.75, 3.05) is 13.1 Å². The molecule has 1 unspecified atom stereocenters. The second-order valence-electron chi connectivity index (χ2n) is 9.80. The molecule has 2 N–H and O–H groups in total. The third kappa shape index (κ3) is 5.92. The number of nitrogens with two attached hydrogens (primary N) is 1. The van der Waals surface area contributed by atoms with E-state index < -0.39 is 11.9 Å². The molecule has 3 aromatic carbocycles. The number of carbonyl (C=O) groups excluding carboxylic acids is 1. The van der Waals surface area contributed by atoms with Gasteiger partial charge < -0.3 is 10.6 Å². The van der Waals surface area contributed by atoms with E-state index in [0.717, 1.165) is 11.1 Å². The Morgan fingerprint density at radius 1 is 1.00 bits per heavy atom. The number of rotatable bonds is 10. The number of halogens is 1. The highest BCUT2D eigenvalue weighted by molar-refractivity contribution is 5.94. The van der Waals surface area contributed by atoms with Gasteiger partial charge in [-0.2, -0.15) is 4.68 Å². The lowest BCUT2D eigenvalue weighted by atomic mass is 9.99. The lowest BCUT2D eigenvalue weighted by Gasteiger charge is -2.34. The normalized spacial score (nSPS) is 12.1. The van der Waals surface area contributed by atoms with Crippen molar-refractivity contribution < 1.29 is 9.18 Å². The highest BCUT2D eigenvalue weighted by Crippen LogP contribution is 2.30. The van der Waals surface area contributed by atoms with Crippen molar-refractivity contribution in [1.29, 1.82) is 0 Å². The van der Waals surface area contributed by atoms with Gasteiger partial charge in [0.15, 0.2) is 5.82 Å². The van der Waals surface area contributed by atoms with E-state index in [1.165, 1.54) is 28.9 Å². The van der Waals surface area contributed by atoms with E-state index in [0.29, 0.717) is 36.6 Å². The number of carbonyl (C=O) groups is 1. The van der Waals surface area contributed by atoms with Crippen molar-refractivity contribution in [3.63, 3.8) is 0 Å². The zero-order valence-electron chi connectivity index (χ0n) is 22.0. The van der Waals surface area contributed by atoms with Gasteiger partial charge in [-0.1, -0.05) is 61.9 Å². The van der Waals surface area contributed by atoms with E-state index in [4.69, 9.17) is 10.8 Å². The second kappa shape index (κ2) is 12.0. The molecule has 0 aliphatic carbocycles. The number of hydrogen-bond donors (Lipinski definition) is 1. The van der Waals surface area contributed by atoms with Gasteiger partial charge in [-0.05, 0) is 67.8 Å². The molecular formula is C30H34FN5O2. The van der Waals surface area contributed by atoms with Crippen molar-refractivity contribution in [2.24, 2.45) is 11.7 Å². The van der Waals surface area contributed by atoms with Gasteiger partial charge in [-0.25, -0.2) is 9.18 Å². The first-order valence-corrected chi connectivity index (χ1v) is 12.9. The van der Waals surface area contributed by atoms with Crippen LogP contribution in [0.4, 0.5) is 4.39 Å². The average molecular weight is 516 g/mol. The third-order valence-electron chi connectivity index (χ3n) is 6.54. The summed E-state index contributed by atoms with van der Waals surface area (Å²) in [5.74, 6) is -0.148. The fraction of sp³-hybridized carbons (Fsp3) is 0.300. The standard InChI is InChI=1S/C30H34FN5O2/c1-21(2)27(34(19-7-18-32)29(37)24-12-10-22(3)11-13-24)28-33-36(26-16-14-25(31)15-17-26)30(38)35(28)20-23-8-5-4-6-9-23/h4-6,8-17,21,27H,7,18-20,32H2,1-3H3. The van der Waals surface area contributed by atoms with Crippen LogP contribution in [0.1, 0.15) is 53.6 Å². The monoisotopic (exact) mass is 515 g/mol. The molecular weight excluding hydrogens is 481 g/mol. The van der Waals surface area contributed by atoms with Crippen LogP contribution in [0.15, 0.2) is 83.7 Å². The summed E-state index contributed by atoms with van der Waals surface area (Å²) in [6.07, 6.45) is 0.600. The molecule has 1 aromatic heterocycles. The maximum Gasteiger partial charge on any atom is 0.351 e. The van der Waals surface area contributed by atoms with Crippen LogP contribution in [-0.4, -0.2) is 38.2 Å². The van der Waals surface area contributed by atoms with E-state index in [-0.39, 0.29) is 24.1 Å². The fourth-order valence-electron chi connectivity index (χ4n) is 4.58. The summed E-state index contributed by atoms with van der Waals surface area (Å²) in [6, 6.07) is 22.2. The largest absolute Gasteiger partial charge is 0.351 e. The van der Waals surface area contributed by atoms with E-state index in [1.807, 2.05) is 75.4 Å². The van der Waals surface area contributed by atoms with Gasteiger partial charge in [0.1, 0.15) is 5.82 Å². The topological polar surface area (TPSA) is 86.2 Å². The predicted molar refractivity (Wildman–Crippen MR) is 147 cm³/mol. The van der Waals surface area contributed by atoms with Crippen molar-refractivity contribution in [1.82, 2.24) is 19.2 Å². The third-order valence-corrected chi connectivity index (χ3v) is 6.54. The number of amides is 1. The van der Waals surface area contributed by atoms with Crippen molar-refractivity contribution in [2.45, 2.75) is 39.8 Å². The molecule has 4 aromatic rings. The summed E-state index contributed by atoms with van der Waals surface area (Å²) in [5, 5.41) is 4.77. The second-order valence-corrected chi connectivity index (χ2v) is 9.80. The van der Waals surface area contributed by atoms with Crippen molar-refractivity contribution in [3.05, 3.63) is 118 Å². The predicted octanol–water partition coefficient (Wildman–Crippen LogP) is 4.72. The molecule has 0 fully saturated rings. The Hall–Kier alpha value is -4.04. The van der Waals surface area contributed by atoms with Crippen molar-refractivity contribution >= 4 is 5.91 Å². The van der Waals surface area contributed by atoms with Gasteiger partial charge in [-0.3, -0.25) is 9.36 Å². The van der Waals surface area contributed by atoms with Gasteiger partial charge in [0, 0.05) is 12.1 Å². The zero-order chi connectivity index (χ0) is 27.2. The molecule has 38 heavy (non-hydrogen) atoms. The number of hydrogen-bond acceptors (Lipinski definition) is 4. The quantitative estimate of drug-likeness (QED) is 0.331. The van der Waals surface area contributed by atoms with Crippen LogP contribution < -0.4 is 11.4 Å². The Bertz CT molecular complexity index is 1410. The molecule has 1 heterocycles. The van der Waals surface area contributed by atoms with Crippen LogP contribution >= 0.6 is 0 Å². The smallest absolute Gasteiger partial charge is 0.330 e.